The van der Waals surface area contributed by atoms with Crippen molar-refractivity contribution in [2.24, 2.45) is 0 Å². The van der Waals surface area contributed by atoms with Crippen LogP contribution >= 0.6 is 11.6 Å². The summed E-state index contributed by atoms with van der Waals surface area (Å²) in [4.78, 5) is 12.0. The van der Waals surface area contributed by atoms with E-state index in [2.05, 4.69) is 5.32 Å². The fraction of sp³-hybridized carbons (Fsp3) is 0.462. The molecule has 1 aliphatic rings. The van der Waals surface area contributed by atoms with Crippen molar-refractivity contribution in [3.05, 3.63) is 28.8 Å². The van der Waals surface area contributed by atoms with Gasteiger partial charge in [0.05, 0.1) is 22.9 Å². The number of hydrogen-bond donors (Lipinski definition) is 3. The van der Waals surface area contributed by atoms with Crippen molar-refractivity contribution in [3.8, 4) is 0 Å². The second kappa shape index (κ2) is 5.59. The number of nitrogens with one attached hydrogen (secondary N) is 1. The van der Waals surface area contributed by atoms with Crippen LogP contribution in [0.25, 0.3) is 0 Å². The summed E-state index contributed by atoms with van der Waals surface area (Å²) in [5, 5.41) is 13.1. The number of carbonyl (C=O) groups excluding carboxylic acids is 1. The minimum absolute atomic E-state index is 0.164. The van der Waals surface area contributed by atoms with Crippen molar-refractivity contribution in [1.29, 1.82) is 0 Å². The molecule has 0 saturated heterocycles. The van der Waals surface area contributed by atoms with Gasteiger partial charge in [-0.05, 0) is 31.0 Å². The van der Waals surface area contributed by atoms with Crippen LogP contribution < -0.4 is 11.1 Å². The third-order valence-corrected chi connectivity index (χ3v) is 3.65. The van der Waals surface area contributed by atoms with E-state index in [9.17, 15) is 9.90 Å². The van der Waals surface area contributed by atoms with E-state index in [4.69, 9.17) is 17.3 Å². The first kappa shape index (κ1) is 13.2. The Bertz CT molecular complexity index is 451. The summed E-state index contributed by atoms with van der Waals surface area (Å²) >= 11 is 5.80. The molecule has 1 aliphatic carbocycles. The normalized spacial score (nSPS) is 23.7. The first-order chi connectivity index (χ1) is 8.58. The minimum Gasteiger partial charge on any atom is -0.398 e. The molecule has 0 spiro atoms. The molecular formula is C13H17ClN2O2. The largest absolute Gasteiger partial charge is 0.398 e. The lowest BCUT2D eigenvalue weighted by atomic mass is 9.92. The number of aliphatic hydroxyl groups is 1. The number of anilines is 1. The Morgan fingerprint density at radius 1 is 1.39 bits per heavy atom. The Balaban J connectivity index is 2.04. The van der Waals surface area contributed by atoms with Crippen molar-refractivity contribution < 1.29 is 9.90 Å². The Hall–Kier alpha value is -1.26. The van der Waals surface area contributed by atoms with E-state index in [1.807, 2.05) is 0 Å². The molecule has 4 nitrogen and oxygen atoms in total. The number of halogens is 1. The van der Waals surface area contributed by atoms with Gasteiger partial charge in [0.1, 0.15) is 0 Å². The molecule has 18 heavy (non-hydrogen) atoms. The maximum Gasteiger partial charge on any atom is 0.251 e. The van der Waals surface area contributed by atoms with E-state index in [1.54, 1.807) is 18.2 Å². The number of nitrogen functional groups attached to an aromatic ring is 1. The third-order valence-electron chi connectivity index (χ3n) is 3.30. The van der Waals surface area contributed by atoms with Gasteiger partial charge in [-0.15, -0.1) is 0 Å². The van der Waals surface area contributed by atoms with E-state index in [1.165, 1.54) is 0 Å². The quantitative estimate of drug-likeness (QED) is 0.718. The van der Waals surface area contributed by atoms with Gasteiger partial charge in [0, 0.05) is 5.56 Å². The molecule has 4 N–H and O–H groups in total. The molecular weight excluding hydrogens is 252 g/mol. The van der Waals surface area contributed by atoms with Gasteiger partial charge in [-0.1, -0.05) is 24.4 Å². The van der Waals surface area contributed by atoms with Gasteiger partial charge in [0.25, 0.3) is 5.91 Å². The molecule has 1 aromatic carbocycles. The second-order valence-corrected chi connectivity index (χ2v) is 5.08. The zero-order chi connectivity index (χ0) is 13.1. The van der Waals surface area contributed by atoms with Crippen LogP contribution in [0.15, 0.2) is 18.2 Å². The minimum atomic E-state index is -0.452. The van der Waals surface area contributed by atoms with Crippen LogP contribution in [0, 0.1) is 0 Å². The van der Waals surface area contributed by atoms with E-state index in [-0.39, 0.29) is 11.9 Å². The topological polar surface area (TPSA) is 75.4 Å². The van der Waals surface area contributed by atoms with E-state index in [0.717, 1.165) is 25.7 Å². The highest BCUT2D eigenvalue weighted by atomic mass is 35.5. The third kappa shape index (κ3) is 2.94. The van der Waals surface area contributed by atoms with E-state index < -0.39 is 6.10 Å². The van der Waals surface area contributed by atoms with Gasteiger partial charge in [0.2, 0.25) is 0 Å². The number of amides is 1. The predicted molar refractivity (Wildman–Crippen MR) is 71.6 cm³/mol. The molecule has 0 radical (unpaired) electrons. The lowest BCUT2D eigenvalue weighted by Crippen LogP contribution is -2.45. The van der Waals surface area contributed by atoms with Crippen molar-refractivity contribution >= 4 is 23.2 Å². The number of nitrogens with two attached hydrogens (primary N) is 1. The smallest absolute Gasteiger partial charge is 0.251 e. The van der Waals surface area contributed by atoms with Gasteiger partial charge in [-0.25, -0.2) is 0 Å². The van der Waals surface area contributed by atoms with Gasteiger partial charge in [-0.3, -0.25) is 4.79 Å². The average molecular weight is 269 g/mol. The molecule has 0 aromatic heterocycles. The maximum atomic E-state index is 12.0. The van der Waals surface area contributed by atoms with Crippen molar-refractivity contribution in [2.45, 2.75) is 37.8 Å². The summed E-state index contributed by atoms with van der Waals surface area (Å²) in [6, 6.07) is 4.61. The monoisotopic (exact) mass is 268 g/mol. The zero-order valence-electron chi connectivity index (χ0n) is 10.0. The molecule has 0 aliphatic heterocycles. The van der Waals surface area contributed by atoms with Crippen LogP contribution in [0.3, 0.4) is 0 Å². The number of rotatable bonds is 2. The first-order valence-corrected chi connectivity index (χ1v) is 6.49. The number of benzene rings is 1. The van der Waals surface area contributed by atoms with Crippen LogP contribution in [-0.2, 0) is 0 Å². The van der Waals surface area contributed by atoms with Crippen LogP contribution in [-0.4, -0.2) is 23.2 Å². The number of aliphatic hydroxyl groups excluding tert-OH is 1. The lowest BCUT2D eigenvalue weighted by Gasteiger charge is -2.28. The number of hydrogen-bond acceptors (Lipinski definition) is 3. The van der Waals surface area contributed by atoms with Gasteiger partial charge >= 0.3 is 0 Å². The van der Waals surface area contributed by atoms with Gasteiger partial charge in [0.15, 0.2) is 0 Å². The summed E-state index contributed by atoms with van der Waals surface area (Å²) in [5.74, 6) is -0.218. The Kier molecular flexibility index (Phi) is 4.09. The molecule has 2 unspecified atom stereocenters. The SMILES string of the molecule is Nc1cc(C(=O)NC2CCCCC2O)ccc1Cl. The highest BCUT2D eigenvalue weighted by Gasteiger charge is 2.24. The van der Waals surface area contributed by atoms with Crippen molar-refractivity contribution in [2.75, 3.05) is 5.73 Å². The van der Waals surface area contributed by atoms with Crippen LogP contribution in [0.2, 0.25) is 5.02 Å². The second-order valence-electron chi connectivity index (χ2n) is 4.67. The molecule has 1 aromatic rings. The van der Waals surface area contributed by atoms with E-state index >= 15 is 0 Å². The first-order valence-electron chi connectivity index (χ1n) is 6.12. The fourth-order valence-corrected chi connectivity index (χ4v) is 2.33. The summed E-state index contributed by atoms with van der Waals surface area (Å²) in [6.07, 6.45) is 3.16. The Morgan fingerprint density at radius 3 is 2.78 bits per heavy atom. The molecule has 0 bridgehead atoms. The molecule has 5 heteroatoms. The molecule has 0 heterocycles. The summed E-state index contributed by atoms with van der Waals surface area (Å²) in [5.41, 5.74) is 6.51. The molecule has 1 saturated carbocycles. The molecule has 2 rings (SSSR count). The van der Waals surface area contributed by atoms with E-state index in [0.29, 0.717) is 16.3 Å². The zero-order valence-corrected chi connectivity index (χ0v) is 10.8. The summed E-state index contributed by atoms with van der Waals surface area (Å²) in [6.45, 7) is 0. The predicted octanol–water partition coefficient (Wildman–Crippen LogP) is 1.96. The number of carbonyl (C=O) groups is 1. The van der Waals surface area contributed by atoms with Gasteiger partial charge in [-0.2, -0.15) is 0 Å². The van der Waals surface area contributed by atoms with Crippen molar-refractivity contribution in [3.63, 3.8) is 0 Å². The molecule has 1 fully saturated rings. The molecule has 1 amide bonds. The summed E-state index contributed by atoms with van der Waals surface area (Å²) in [7, 11) is 0. The fourth-order valence-electron chi connectivity index (χ4n) is 2.22. The summed E-state index contributed by atoms with van der Waals surface area (Å²) < 4.78 is 0. The van der Waals surface area contributed by atoms with Crippen molar-refractivity contribution in [1.82, 2.24) is 5.32 Å². The highest BCUT2D eigenvalue weighted by molar-refractivity contribution is 6.33. The lowest BCUT2D eigenvalue weighted by molar-refractivity contribution is 0.0717. The average Bonchev–Trinajstić information content (AvgIpc) is 2.35. The standard InChI is InChI=1S/C13H17ClN2O2/c14-9-6-5-8(7-10(9)15)13(18)16-11-3-1-2-4-12(11)17/h5-7,11-12,17H,1-4,15H2,(H,16,18). The van der Waals surface area contributed by atoms with Gasteiger partial charge < -0.3 is 16.2 Å². The molecule has 98 valence electrons. The molecule has 2 atom stereocenters. The van der Waals surface area contributed by atoms with Crippen LogP contribution in [0.1, 0.15) is 36.0 Å². The van der Waals surface area contributed by atoms with Crippen LogP contribution in [0.5, 0.6) is 0 Å². The maximum absolute atomic E-state index is 12.0. The van der Waals surface area contributed by atoms with Crippen LogP contribution in [0.4, 0.5) is 5.69 Å². The highest BCUT2D eigenvalue weighted by Crippen LogP contribution is 2.21. The Morgan fingerprint density at radius 2 is 2.11 bits per heavy atom. The Labute approximate surface area is 111 Å².